The fourth-order valence-corrected chi connectivity index (χ4v) is 2.42. The zero-order valence-electron chi connectivity index (χ0n) is 11.5. The predicted molar refractivity (Wildman–Crippen MR) is 81.8 cm³/mol. The third kappa shape index (κ3) is 3.02. The Hall–Kier alpha value is -1.81. The van der Waals surface area contributed by atoms with Gasteiger partial charge in [-0.25, -0.2) is 4.79 Å². The molecule has 0 fully saturated rings. The molecule has 0 aromatic heterocycles. The van der Waals surface area contributed by atoms with Gasteiger partial charge in [-0.3, -0.25) is 0 Å². The van der Waals surface area contributed by atoms with Gasteiger partial charge in [-0.15, -0.1) is 0 Å². The maximum atomic E-state index is 11.1. The molecule has 4 heteroatoms. The first-order chi connectivity index (χ1) is 9.38. The maximum absolute atomic E-state index is 11.1. The highest BCUT2D eigenvalue weighted by Crippen LogP contribution is 2.32. The summed E-state index contributed by atoms with van der Waals surface area (Å²) in [5, 5.41) is 9.08. The Morgan fingerprint density at radius 3 is 2.40 bits per heavy atom. The van der Waals surface area contributed by atoms with E-state index in [9.17, 15) is 4.79 Å². The number of ether oxygens (including phenoxy) is 1. The molecule has 2 rings (SSSR count). The summed E-state index contributed by atoms with van der Waals surface area (Å²) in [6.45, 7) is 5.98. The van der Waals surface area contributed by atoms with E-state index in [1.54, 1.807) is 12.1 Å². The van der Waals surface area contributed by atoms with E-state index in [1.807, 2.05) is 32.9 Å². The molecule has 20 heavy (non-hydrogen) atoms. The number of carboxylic acids is 1. The Morgan fingerprint density at radius 1 is 1.10 bits per heavy atom. The topological polar surface area (TPSA) is 46.5 Å². The van der Waals surface area contributed by atoms with Gasteiger partial charge >= 0.3 is 5.97 Å². The monoisotopic (exact) mass is 334 g/mol. The molecule has 1 N–H and O–H groups in total. The number of carboxylic acid groups (broad SMARTS) is 1. The molecule has 0 amide bonds. The van der Waals surface area contributed by atoms with Crippen LogP contribution in [0.4, 0.5) is 0 Å². The number of hydrogen-bond acceptors (Lipinski definition) is 2. The number of hydrogen-bond donors (Lipinski definition) is 1. The minimum Gasteiger partial charge on any atom is -0.478 e. The summed E-state index contributed by atoms with van der Waals surface area (Å²) in [6.07, 6.45) is 0. The van der Waals surface area contributed by atoms with Gasteiger partial charge in [0.05, 0.1) is 5.56 Å². The van der Waals surface area contributed by atoms with Crippen molar-refractivity contribution < 1.29 is 14.6 Å². The predicted octanol–water partition coefficient (Wildman–Crippen LogP) is 4.86. The van der Waals surface area contributed by atoms with Crippen molar-refractivity contribution in [2.75, 3.05) is 0 Å². The van der Waals surface area contributed by atoms with E-state index in [0.717, 1.165) is 22.4 Å². The Kier molecular flexibility index (Phi) is 4.14. The fourth-order valence-electron chi connectivity index (χ4n) is 1.95. The largest absolute Gasteiger partial charge is 0.478 e. The van der Waals surface area contributed by atoms with Gasteiger partial charge in [0.1, 0.15) is 11.5 Å². The SMILES string of the molecule is Cc1ccc(C)c(Oc2cc(Br)cc(C(=O)O)c2)c1C. The molecule has 3 nitrogen and oxygen atoms in total. The molecule has 0 bridgehead atoms. The van der Waals surface area contributed by atoms with Crippen molar-refractivity contribution in [2.45, 2.75) is 20.8 Å². The van der Waals surface area contributed by atoms with Crippen LogP contribution in [0.5, 0.6) is 11.5 Å². The summed E-state index contributed by atoms with van der Waals surface area (Å²) in [7, 11) is 0. The molecule has 0 aliphatic heterocycles. The van der Waals surface area contributed by atoms with E-state index in [1.165, 1.54) is 6.07 Å². The van der Waals surface area contributed by atoms with Crippen LogP contribution in [0.1, 0.15) is 27.0 Å². The second-order valence-electron chi connectivity index (χ2n) is 4.74. The van der Waals surface area contributed by atoms with E-state index in [2.05, 4.69) is 15.9 Å². The molecular weight excluding hydrogens is 320 g/mol. The van der Waals surface area contributed by atoms with Crippen molar-refractivity contribution >= 4 is 21.9 Å². The first kappa shape index (κ1) is 14.6. The van der Waals surface area contributed by atoms with Gasteiger partial charge in [0, 0.05) is 4.47 Å². The third-order valence-corrected chi connectivity index (χ3v) is 3.67. The van der Waals surface area contributed by atoms with Gasteiger partial charge in [0.25, 0.3) is 0 Å². The summed E-state index contributed by atoms with van der Waals surface area (Å²) in [4.78, 5) is 11.1. The first-order valence-electron chi connectivity index (χ1n) is 6.17. The van der Waals surface area contributed by atoms with Crippen LogP contribution in [0.2, 0.25) is 0 Å². The molecule has 0 heterocycles. The lowest BCUT2D eigenvalue weighted by Crippen LogP contribution is -1.98. The van der Waals surface area contributed by atoms with E-state index >= 15 is 0 Å². The lowest BCUT2D eigenvalue weighted by Gasteiger charge is -2.14. The number of aromatic carboxylic acids is 1. The minimum atomic E-state index is -0.978. The Labute approximate surface area is 126 Å². The fraction of sp³-hybridized carbons (Fsp3) is 0.188. The number of benzene rings is 2. The Morgan fingerprint density at radius 2 is 1.75 bits per heavy atom. The van der Waals surface area contributed by atoms with Crippen LogP contribution in [0.3, 0.4) is 0 Å². The summed E-state index contributed by atoms with van der Waals surface area (Å²) < 4.78 is 6.58. The highest BCUT2D eigenvalue weighted by atomic mass is 79.9. The Balaban J connectivity index is 2.45. The Bertz CT molecular complexity index is 678. The highest BCUT2D eigenvalue weighted by molar-refractivity contribution is 9.10. The van der Waals surface area contributed by atoms with Crippen LogP contribution in [-0.4, -0.2) is 11.1 Å². The van der Waals surface area contributed by atoms with Gasteiger partial charge in [-0.05, 0) is 55.7 Å². The molecule has 0 atom stereocenters. The molecule has 2 aromatic rings. The second-order valence-corrected chi connectivity index (χ2v) is 5.65. The summed E-state index contributed by atoms with van der Waals surface area (Å²) >= 11 is 3.30. The average Bonchev–Trinajstić information content (AvgIpc) is 2.38. The molecule has 0 saturated heterocycles. The summed E-state index contributed by atoms with van der Waals surface area (Å²) in [5.74, 6) is 0.307. The van der Waals surface area contributed by atoms with E-state index in [0.29, 0.717) is 10.2 Å². The number of halogens is 1. The van der Waals surface area contributed by atoms with Crippen molar-refractivity contribution in [3.8, 4) is 11.5 Å². The highest BCUT2D eigenvalue weighted by Gasteiger charge is 2.11. The normalized spacial score (nSPS) is 10.4. The van der Waals surface area contributed by atoms with E-state index in [4.69, 9.17) is 9.84 Å². The van der Waals surface area contributed by atoms with Gasteiger partial charge in [0.15, 0.2) is 0 Å². The van der Waals surface area contributed by atoms with Crippen molar-refractivity contribution in [1.29, 1.82) is 0 Å². The van der Waals surface area contributed by atoms with Crippen molar-refractivity contribution in [2.24, 2.45) is 0 Å². The molecule has 104 valence electrons. The number of carbonyl (C=O) groups is 1. The molecule has 0 saturated carbocycles. The molecule has 0 aliphatic rings. The van der Waals surface area contributed by atoms with Gasteiger partial charge in [-0.1, -0.05) is 28.1 Å². The van der Waals surface area contributed by atoms with Crippen LogP contribution in [0.15, 0.2) is 34.8 Å². The van der Waals surface area contributed by atoms with E-state index in [-0.39, 0.29) is 5.56 Å². The quantitative estimate of drug-likeness (QED) is 0.871. The smallest absolute Gasteiger partial charge is 0.335 e. The number of rotatable bonds is 3. The first-order valence-corrected chi connectivity index (χ1v) is 6.96. The van der Waals surface area contributed by atoms with Gasteiger partial charge < -0.3 is 9.84 Å². The molecule has 0 spiro atoms. The zero-order chi connectivity index (χ0) is 14.9. The van der Waals surface area contributed by atoms with Crippen LogP contribution in [-0.2, 0) is 0 Å². The third-order valence-electron chi connectivity index (χ3n) is 3.21. The molecule has 0 radical (unpaired) electrons. The number of aryl methyl sites for hydroxylation is 2. The molecular formula is C16H15BrO3. The average molecular weight is 335 g/mol. The van der Waals surface area contributed by atoms with Crippen molar-refractivity contribution in [3.05, 3.63) is 57.1 Å². The van der Waals surface area contributed by atoms with Gasteiger partial charge in [-0.2, -0.15) is 0 Å². The minimum absolute atomic E-state index is 0.192. The molecule has 0 aliphatic carbocycles. The standard InChI is InChI=1S/C16H15BrO3/c1-9-4-5-10(2)15(11(9)3)20-14-7-12(16(18)19)6-13(17)8-14/h4-8H,1-3H3,(H,18,19). The lowest BCUT2D eigenvalue weighted by atomic mass is 10.1. The van der Waals surface area contributed by atoms with Crippen LogP contribution >= 0.6 is 15.9 Å². The lowest BCUT2D eigenvalue weighted by molar-refractivity contribution is 0.0696. The van der Waals surface area contributed by atoms with E-state index < -0.39 is 5.97 Å². The molecule has 2 aromatic carbocycles. The molecule has 0 unspecified atom stereocenters. The van der Waals surface area contributed by atoms with Crippen molar-refractivity contribution in [1.82, 2.24) is 0 Å². The maximum Gasteiger partial charge on any atom is 0.335 e. The van der Waals surface area contributed by atoms with Crippen LogP contribution in [0, 0.1) is 20.8 Å². The van der Waals surface area contributed by atoms with Crippen LogP contribution in [0.25, 0.3) is 0 Å². The van der Waals surface area contributed by atoms with Gasteiger partial charge in [0.2, 0.25) is 0 Å². The summed E-state index contributed by atoms with van der Waals surface area (Å²) in [6, 6.07) is 8.86. The zero-order valence-corrected chi connectivity index (χ0v) is 13.1. The van der Waals surface area contributed by atoms with Crippen LogP contribution < -0.4 is 4.74 Å². The van der Waals surface area contributed by atoms with Crippen molar-refractivity contribution in [3.63, 3.8) is 0 Å². The second kappa shape index (κ2) is 5.67. The summed E-state index contributed by atoms with van der Waals surface area (Å²) in [5.41, 5.74) is 3.41.